The number of hydrogen-bond acceptors (Lipinski definition) is 1. The molecule has 0 aliphatic carbocycles. The first-order valence-electron chi connectivity index (χ1n) is 7.71. The molecule has 1 rings (SSSR count). The Bertz CT molecular complexity index is 398. The molecule has 0 saturated heterocycles. The monoisotopic (exact) mass is 343 g/mol. The van der Waals surface area contributed by atoms with E-state index in [9.17, 15) is 4.39 Å². The lowest BCUT2D eigenvalue weighted by Gasteiger charge is -2.34. The third kappa shape index (κ3) is 5.17. The van der Waals surface area contributed by atoms with Crippen LogP contribution in [-0.2, 0) is 6.42 Å². The van der Waals surface area contributed by atoms with Crippen molar-refractivity contribution in [3.63, 3.8) is 0 Å². The number of hydrogen-bond donors (Lipinski definition) is 1. The van der Waals surface area contributed by atoms with E-state index in [4.69, 9.17) is 0 Å². The van der Waals surface area contributed by atoms with Crippen molar-refractivity contribution in [1.29, 1.82) is 0 Å². The predicted octanol–water partition coefficient (Wildman–Crippen LogP) is 5.33. The highest BCUT2D eigenvalue weighted by atomic mass is 79.9. The third-order valence-electron chi connectivity index (χ3n) is 4.14. The highest BCUT2D eigenvalue weighted by molar-refractivity contribution is 9.10. The van der Waals surface area contributed by atoms with Gasteiger partial charge < -0.3 is 5.32 Å². The summed E-state index contributed by atoms with van der Waals surface area (Å²) in [4.78, 5) is 0. The van der Waals surface area contributed by atoms with Gasteiger partial charge in [0.05, 0.1) is 0 Å². The van der Waals surface area contributed by atoms with E-state index in [1.165, 1.54) is 24.8 Å². The van der Waals surface area contributed by atoms with Crippen molar-refractivity contribution in [1.82, 2.24) is 5.32 Å². The summed E-state index contributed by atoms with van der Waals surface area (Å²) >= 11 is 3.50. The van der Waals surface area contributed by atoms with Gasteiger partial charge in [-0.05, 0) is 48.9 Å². The Morgan fingerprint density at radius 2 is 2.00 bits per heavy atom. The van der Waals surface area contributed by atoms with Gasteiger partial charge in [0.2, 0.25) is 0 Å². The van der Waals surface area contributed by atoms with Crippen LogP contribution in [0.4, 0.5) is 4.39 Å². The van der Waals surface area contributed by atoms with Gasteiger partial charge in [0.15, 0.2) is 0 Å². The summed E-state index contributed by atoms with van der Waals surface area (Å²) in [6.07, 6.45) is 5.83. The van der Waals surface area contributed by atoms with E-state index in [0.29, 0.717) is 0 Å². The highest BCUT2D eigenvalue weighted by Gasteiger charge is 2.28. The fourth-order valence-corrected chi connectivity index (χ4v) is 3.17. The maximum atomic E-state index is 13.2. The fraction of sp³-hybridized carbons (Fsp3) is 0.647. The lowest BCUT2D eigenvalue weighted by Crippen LogP contribution is -2.36. The molecule has 1 aromatic rings. The first-order chi connectivity index (χ1) is 9.56. The molecule has 0 aliphatic heterocycles. The number of nitrogens with one attached hydrogen (secondary N) is 1. The van der Waals surface area contributed by atoms with Crippen LogP contribution in [0, 0.1) is 11.2 Å². The van der Waals surface area contributed by atoms with Crippen LogP contribution in [-0.4, -0.2) is 13.1 Å². The van der Waals surface area contributed by atoms with E-state index >= 15 is 0 Å². The van der Waals surface area contributed by atoms with Gasteiger partial charge in [-0.3, -0.25) is 0 Å². The van der Waals surface area contributed by atoms with Crippen LogP contribution in [0.3, 0.4) is 0 Å². The minimum atomic E-state index is -0.178. The van der Waals surface area contributed by atoms with Crippen molar-refractivity contribution in [2.24, 2.45) is 5.41 Å². The van der Waals surface area contributed by atoms with Crippen molar-refractivity contribution in [2.45, 2.75) is 52.9 Å². The summed E-state index contributed by atoms with van der Waals surface area (Å²) in [5.74, 6) is -0.178. The maximum Gasteiger partial charge on any atom is 0.124 e. The fourth-order valence-electron chi connectivity index (χ4n) is 2.68. The summed E-state index contributed by atoms with van der Waals surface area (Å²) in [5.41, 5.74) is 1.48. The second kappa shape index (κ2) is 8.78. The van der Waals surface area contributed by atoms with Gasteiger partial charge in [-0.1, -0.05) is 55.6 Å². The molecule has 0 spiro atoms. The molecule has 20 heavy (non-hydrogen) atoms. The molecule has 0 saturated carbocycles. The van der Waals surface area contributed by atoms with Crippen LogP contribution < -0.4 is 5.32 Å². The van der Waals surface area contributed by atoms with Crippen LogP contribution >= 0.6 is 15.9 Å². The Labute approximate surface area is 131 Å². The zero-order valence-electron chi connectivity index (χ0n) is 12.9. The summed E-state index contributed by atoms with van der Waals surface area (Å²) in [6.45, 7) is 8.68. The summed E-state index contributed by atoms with van der Waals surface area (Å²) in [6, 6.07) is 5.05. The third-order valence-corrected chi connectivity index (χ3v) is 4.88. The van der Waals surface area contributed by atoms with E-state index in [-0.39, 0.29) is 11.2 Å². The lowest BCUT2D eigenvalue weighted by molar-refractivity contribution is 0.230. The average molecular weight is 344 g/mol. The minimum Gasteiger partial charge on any atom is -0.316 e. The first-order valence-corrected chi connectivity index (χ1v) is 8.51. The molecular formula is C17H27BrFN. The molecule has 0 aliphatic rings. The van der Waals surface area contributed by atoms with Gasteiger partial charge >= 0.3 is 0 Å². The molecule has 0 radical (unpaired) electrons. The molecule has 1 N–H and O–H groups in total. The Morgan fingerprint density at radius 3 is 2.55 bits per heavy atom. The molecule has 0 heterocycles. The van der Waals surface area contributed by atoms with Crippen LogP contribution in [0.15, 0.2) is 22.7 Å². The molecule has 1 atom stereocenters. The topological polar surface area (TPSA) is 12.0 Å². The molecular weight excluding hydrogens is 317 g/mol. The van der Waals surface area contributed by atoms with Gasteiger partial charge in [-0.15, -0.1) is 0 Å². The Morgan fingerprint density at radius 1 is 1.25 bits per heavy atom. The average Bonchev–Trinajstić information content (AvgIpc) is 2.45. The maximum absolute atomic E-state index is 13.2. The number of rotatable bonds is 9. The molecule has 0 amide bonds. The molecule has 114 valence electrons. The summed E-state index contributed by atoms with van der Waals surface area (Å²) in [7, 11) is 0. The molecule has 1 nitrogen and oxygen atoms in total. The molecule has 0 fully saturated rings. The van der Waals surface area contributed by atoms with Crippen LogP contribution in [0.5, 0.6) is 0 Å². The van der Waals surface area contributed by atoms with Gasteiger partial charge in [0.1, 0.15) is 5.82 Å². The van der Waals surface area contributed by atoms with Crippen molar-refractivity contribution in [3.05, 3.63) is 34.1 Å². The van der Waals surface area contributed by atoms with Crippen LogP contribution in [0.25, 0.3) is 0 Å². The largest absolute Gasteiger partial charge is 0.316 e. The predicted molar refractivity (Wildman–Crippen MR) is 88.6 cm³/mol. The summed E-state index contributed by atoms with van der Waals surface area (Å²) in [5, 5.41) is 3.51. The Hall–Kier alpha value is -0.410. The first kappa shape index (κ1) is 17.6. The van der Waals surface area contributed by atoms with Gasteiger partial charge in [0, 0.05) is 11.0 Å². The van der Waals surface area contributed by atoms with Crippen molar-refractivity contribution in [3.8, 4) is 0 Å². The zero-order chi connectivity index (χ0) is 15.0. The van der Waals surface area contributed by atoms with Crippen molar-refractivity contribution >= 4 is 15.9 Å². The van der Waals surface area contributed by atoms with Crippen molar-refractivity contribution < 1.29 is 4.39 Å². The summed E-state index contributed by atoms with van der Waals surface area (Å²) < 4.78 is 14.1. The van der Waals surface area contributed by atoms with Gasteiger partial charge in [-0.2, -0.15) is 0 Å². The Balaban J connectivity index is 2.90. The van der Waals surface area contributed by atoms with Gasteiger partial charge in [0.25, 0.3) is 0 Å². The van der Waals surface area contributed by atoms with E-state index in [2.05, 4.69) is 42.0 Å². The molecule has 1 unspecified atom stereocenters. The molecule has 3 heteroatoms. The number of benzene rings is 1. The molecule has 0 bridgehead atoms. The standard InChI is InChI=1S/C17H27BrFN/c1-4-7-10-17(5-2,13-20-6-3)12-14-8-9-15(19)11-16(14)18/h8-9,11,20H,4-7,10,12-13H2,1-3H3. The second-order valence-electron chi connectivity index (χ2n) is 5.65. The smallest absolute Gasteiger partial charge is 0.124 e. The van der Waals surface area contributed by atoms with Crippen molar-refractivity contribution in [2.75, 3.05) is 13.1 Å². The van der Waals surface area contributed by atoms with E-state index in [0.717, 1.165) is 30.4 Å². The van der Waals surface area contributed by atoms with E-state index < -0.39 is 0 Å². The minimum absolute atomic E-state index is 0.178. The SMILES string of the molecule is CCCCC(CC)(CNCC)Cc1ccc(F)cc1Br. The normalized spacial score (nSPS) is 14.2. The lowest BCUT2D eigenvalue weighted by atomic mass is 9.75. The van der Waals surface area contributed by atoms with Crippen LogP contribution in [0.2, 0.25) is 0 Å². The number of unbranched alkanes of at least 4 members (excludes halogenated alkanes) is 1. The number of halogens is 2. The van der Waals surface area contributed by atoms with E-state index in [1.54, 1.807) is 12.1 Å². The Kier molecular flexibility index (Phi) is 7.75. The highest BCUT2D eigenvalue weighted by Crippen LogP contribution is 2.35. The van der Waals surface area contributed by atoms with Crippen LogP contribution in [0.1, 0.15) is 52.0 Å². The van der Waals surface area contributed by atoms with E-state index in [1.807, 2.05) is 6.07 Å². The second-order valence-corrected chi connectivity index (χ2v) is 6.50. The zero-order valence-corrected chi connectivity index (χ0v) is 14.5. The molecule has 1 aromatic carbocycles. The molecule has 0 aromatic heterocycles. The quantitative estimate of drug-likeness (QED) is 0.639. The van der Waals surface area contributed by atoms with Gasteiger partial charge in [-0.25, -0.2) is 4.39 Å².